The average molecular weight is 253 g/mol. The number of halogens is 1. The van der Waals surface area contributed by atoms with Crippen molar-refractivity contribution in [2.24, 2.45) is 0 Å². The Balaban J connectivity index is 3.10. The van der Waals surface area contributed by atoms with Crippen LogP contribution in [0.5, 0.6) is 5.75 Å². The van der Waals surface area contributed by atoms with Crippen LogP contribution in [-0.2, 0) is 0 Å². The van der Waals surface area contributed by atoms with Crippen LogP contribution in [0.15, 0.2) is 16.6 Å². The lowest BCUT2D eigenvalue weighted by Crippen LogP contribution is -1.95. The van der Waals surface area contributed by atoms with Crippen LogP contribution < -0.4 is 0 Å². The van der Waals surface area contributed by atoms with Gasteiger partial charge in [-0.15, -0.1) is 12.3 Å². The molecule has 1 aromatic rings. The molecular weight excluding hydrogens is 240 g/mol. The third-order valence-corrected chi connectivity index (χ3v) is 2.93. The van der Waals surface area contributed by atoms with Gasteiger partial charge in [-0.2, -0.15) is 0 Å². The number of rotatable bonds is 2. The zero-order valence-electron chi connectivity index (χ0n) is 8.34. The molecule has 0 aliphatic heterocycles. The van der Waals surface area contributed by atoms with E-state index in [1.807, 2.05) is 13.0 Å². The lowest BCUT2D eigenvalue weighted by Gasteiger charge is -2.13. The largest absolute Gasteiger partial charge is 0.507 e. The summed E-state index contributed by atoms with van der Waals surface area (Å²) in [6.07, 6.45) is 5.96. The number of terminal acetylenes is 1. The van der Waals surface area contributed by atoms with Crippen molar-refractivity contribution in [3.63, 3.8) is 0 Å². The number of phenolic OH excluding ortho intramolecular Hbond substituents is 1. The van der Waals surface area contributed by atoms with Gasteiger partial charge in [-0.25, -0.2) is 0 Å². The minimum atomic E-state index is 0.273. The van der Waals surface area contributed by atoms with Gasteiger partial charge in [-0.1, -0.05) is 6.92 Å². The van der Waals surface area contributed by atoms with Gasteiger partial charge in [0.15, 0.2) is 0 Å². The highest BCUT2D eigenvalue weighted by Crippen LogP contribution is 2.31. The number of phenols is 1. The van der Waals surface area contributed by atoms with Crippen molar-refractivity contribution in [3.05, 3.63) is 27.7 Å². The second-order valence-electron chi connectivity index (χ2n) is 3.47. The average Bonchev–Trinajstić information content (AvgIpc) is 2.11. The number of aryl methyl sites for hydroxylation is 1. The van der Waals surface area contributed by atoms with Gasteiger partial charge in [-0.3, -0.25) is 0 Å². The minimum absolute atomic E-state index is 0.273. The van der Waals surface area contributed by atoms with Gasteiger partial charge < -0.3 is 5.11 Å². The summed E-state index contributed by atoms with van der Waals surface area (Å²) in [5.41, 5.74) is 2.26. The fraction of sp³-hybridized carbons (Fsp3) is 0.333. The maximum Gasteiger partial charge on any atom is 0.130 e. The Labute approximate surface area is 93.3 Å². The van der Waals surface area contributed by atoms with Gasteiger partial charge in [0.2, 0.25) is 0 Å². The molecule has 1 N–H and O–H groups in total. The Morgan fingerprint density at radius 3 is 2.79 bits per heavy atom. The van der Waals surface area contributed by atoms with E-state index in [-0.39, 0.29) is 5.75 Å². The first-order chi connectivity index (χ1) is 6.56. The summed E-state index contributed by atoms with van der Waals surface area (Å²) >= 11 is 3.28. The van der Waals surface area contributed by atoms with Crippen LogP contribution in [-0.4, -0.2) is 5.11 Å². The molecule has 0 spiro atoms. The first kappa shape index (κ1) is 11.1. The summed E-state index contributed by atoms with van der Waals surface area (Å²) in [6.45, 7) is 4.09. The van der Waals surface area contributed by atoms with Crippen LogP contribution in [0.25, 0.3) is 0 Å². The minimum Gasteiger partial charge on any atom is -0.507 e. The summed E-state index contributed by atoms with van der Waals surface area (Å²) in [5.74, 6) is 3.20. The Morgan fingerprint density at radius 2 is 2.21 bits per heavy atom. The molecule has 0 bridgehead atoms. The van der Waals surface area contributed by atoms with Crippen LogP contribution in [0.2, 0.25) is 0 Å². The predicted molar refractivity (Wildman–Crippen MR) is 62.4 cm³/mol. The van der Waals surface area contributed by atoms with Crippen molar-refractivity contribution < 1.29 is 5.11 Å². The van der Waals surface area contributed by atoms with Gasteiger partial charge in [0.25, 0.3) is 0 Å². The lowest BCUT2D eigenvalue weighted by molar-refractivity contribution is 0.470. The fourth-order valence-corrected chi connectivity index (χ4v) is 1.95. The molecule has 14 heavy (non-hydrogen) atoms. The molecule has 0 heterocycles. The van der Waals surface area contributed by atoms with Gasteiger partial charge in [0, 0.05) is 6.42 Å². The molecule has 0 radical (unpaired) electrons. The van der Waals surface area contributed by atoms with Gasteiger partial charge >= 0.3 is 0 Å². The molecule has 0 fully saturated rings. The smallest absolute Gasteiger partial charge is 0.130 e. The van der Waals surface area contributed by atoms with Crippen molar-refractivity contribution in [2.75, 3.05) is 0 Å². The molecule has 0 saturated heterocycles. The number of aromatic hydroxyl groups is 1. The van der Waals surface area contributed by atoms with Crippen molar-refractivity contribution in [2.45, 2.75) is 26.2 Å². The SMILES string of the molecule is C#CCC(C)c1cc(O)c(Br)cc1C. The number of benzene rings is 1. The first-order valence-electron chi connectivity index (χ1n) is 4.48. The molecule has 0 aliphatic carbocycles. The molecular formula is C12H13BrO. The second-order valence-corrected chi connectivity index (χ2v) is 4.32. The number of hydrogen-bond donors (Lipinski definition) is 1. The fourth-order valence-electron chi connectivity index (χ4n) is 1.50. The molecule has 74 valence electrons. The summed E-state index contributed by atoms with van der Waals surface area (Å²) in [4.78, 5) is 0. The van der Waals surface area contributed by atoms with Crippen molar-refractivity contribution in [3.8, 4) is 18.1 Å². The normalized spacial score (nSPS) is 12.1. The maximum absolute atomic E-state index is 9.54. The van der Waals surface area contributed by atoms with Gasteiger partial charge in [0.05, 0.1) is 4.47 Å². The zero-order chi connectivity index (χ0) is 10.7. The molecule has 1 unspecified atom stereocenters. The third kappa shape index (κ3) is 2.30. The maximum atomic E-state index is 9.54. The van der Waals surface area contributed by atoms with Gasteiger partial charge in [-0.05, 0) is 52.0 Å². The molecule has 1 nitrogen and oxygen atoms in total. The van der Waals surface area contributed by atoms with Crippen LogP contribution >= 0.6 is 15.9 Å². The molecule has 2 heteroatoms. The van der Waals surface area contributed by atoms with E-state index in [9.17, 15) is 5.11 Å². The van der Waals surface area contributed by atoms with E-state index >= 15 is 0 Å². The summed E-state index contributed by atoms with van der Waals surface area (Å²) in [7, 11) is 0. The molecule has 0 amide bonds. The van der Waals surface area contributed by atoms with E-state index in [0.717, 1.165) is 15.6 Å². The van der Waals surface area contributed by atoms with E-state index in [2.05, 4.69) is 28.8 Å². The monoisotopic (exact) mass is 252 g/mol. The molecule has 0 saturated carbocycles. The van der Waals surface area contributed by atoms with E-state index < -0.39 is 0 Å². The topological polar surface area (TPSA) is 20.2 Å². The van der Waals surface area contributed by atoms with Crippen molar-refractivity contribution in [1.82, 2.24) is 0 Å². The van der Waals surface area contributed by atoms with Crippen molar-refractivity contribution >= 4 is 15.9 Å². The van der Waals surface area contributed by atoms with Crippen LogP contribution in [0.1, 0.15) is 30.4 Å². The van der Waals surface area contributed by atoms with E-state index in [0.29, 0.717) is 12.3 Å². The number of hydrogen-bond acceptors (Lipinski definition) is 1. The van der Waals surface area contributed by atoms with Crippen LogP contribution in [0.4, 0.5) is 0 Å². The molecule has 1 atom stereocenters. The second kappa shape index (κ2) is 4.52. The highest BCUT2D eigenvalue weighted by Gasteiger charge is 2.10. The van der Waals surface area contributed by atoms with Gasteiger partial charge in [0.1, 0.15) is 5.75 Å². The molecule has 1 rings (SSSR count). The van der Waals surface area contributed by atoms with E-state index in [4.69, 9.17) is 6.42 Å². The highest BCUT2D eigenvalue weighted by molar-refractivity contribution is 9.10. The van der Waals surface area contributed by atoms with E-state index in [1.54, 1.807) is 6.07 Å². The molecule has 1 aromatic carbocycles. The van der Waals surface area contributed by atoms with E-state index in [1.165, 1.54) is 0 Å². The first-order valence-corrected chi connectivity index (χ1v) is 5.28. The Kier molecular flexibility index (Phi) is 3.60. The van der Waals surface area contributed by atoms with Crippen molar-refractivity contribution in [1.29, 1.82) is 0 Å². The standard InChI is InChI=1S/C12H13BrO/c1-4-5-8(2)10-7-12(14)11(13)6-9(10)3/h1,6-8,14H,5H2,2-3H3. The van der Waals surface area contributed by atoms with Crippen LogP contribution in [0.3, 0.4) is 0 Å². The molecule has 0 aromatic heterocycles. The quantitative estimate of drug-likeness (QED) is 0.798. The van der Waals surface area contributed by atoms with Crippen LogP contribution in [0, 0.1) is 19.3 Å². The zero-order valence-corrected chi connectivity index (χ0v) is 9.93. The molecule has 0 aliphatic rings. The Bertz CT molecular complexity index is 377. The third-order valence-electron chi connectivity index (χ3n) is 2.29. The Hall–Kier alpha value is -0.940. The summed E-state index contributed by atoms with van der Waals surface area (Å²) < 4.78 is 0.728. The Morgan fingerprint density at radius 1 is 1.57 bits per heavy atom. The summed E-state index contributed by atoms with van der Waals surface area (Å²) in [6, 6.07) is 3.69. The summed E-state index contributed by atoms with van der Waals surface area (Å²) in [5, 5.41) is 9.54. The lowest BCUT2D eigenvalue weighted by atomic mass is 9.94. The predicted octanol–water partition coefficient (Wildman–Crippen LogP) is 3.59. The highest BCUT2D eigenvalue weighted by atomic mass is 79.9.